The third kappa shape index (κ3) is 2.55. The van der Waals surface area contributed by atoms with Crippen molar-refractivity contribution in [2.75, 3.05) is 0 Å². The summed E-state index contributed by atoms with van der Waals surface area (Å²) in [6.07, 6.45) is 0. The number of hydrogen-bond donors (Lipinski definition) is 2. The van der Waals surface area contributed by atoms with Crippen molar-refractivity contribution in [1.29, 1.82) is 0 Å². The molecule has 0 amide bonds. The second-order valence-corrected chi connectivity index (χ2v) is 1.33. The zero-order valence-corrected chi connectivity index (χ0v) is 4.92. The van der Waals surface area contributed by atoms with Gasteiger partial charge in [-0.1, -0.05) is 11.3 Å². The van der Waals surface area contributed by atoms with Crippen molar-refractivity contribution >= 4 is 23.6 Å². The van der Waals surface area contributed by atoms with Crippen molar-refractivity contribution in [2.24, 2.45) is 0 Å². The lowest BCUT2D eigenvalue weighted by atomic mass is 12.3. The predicted octanol–water partition coefficient (Wildman–Crippen LogP) is 0.591. The molecule has 0 aromatic carbocycles. The summed E-state index contributed by atoms with van der Waals surface area (Å²) in [5.41, 5.74) is 1.61. The zero-order chi connectivity index (χ0) is 6.57. The number of halogens is 4. The van der Waals surface area contributed by atoms with Crippen LogP contribution in [0.3, 0.4) is 0 Å². The van der Waals surface area contributed by atoms with E-state index in [0.29, 0.717) is 0 Å². The molecule has 0 heterocycles. The Hall–Kier alpha value is 0.280. The van der Waals surface area contributed by atoms with Gasteiger partial charge in [0.15, 0.2) is 0 Å². The van der Waals surface area contributed by atoms with Crippen LogP contribution in [-0.4, -0.2) is 9.27 Å². The second kappa shape index (κ2) is 4.19. The SMILES string of the molecule is FNN(Cl)N(Cl)NF. The number of hydrogen-bond acceptors (Lipinski definition) is 4. The highest BCUT2D eigenvalue weighted by atomic mass is 35.5. The van der Waals surface area contributed by atoms with E-state index in [2.05, 4.69) is 0 Å². The molecule has 0 aromatic heterocycles. The van der Waals surface area contributed by atoms with Crippen LogP contribution in [0, 0.1) is 0 Å². The molecule has 0 unspecified atom stereocenters. The van der Waals surface area contributed by atoms with Gasteiger partial charge in [-0.3, -0.25) is 0 Å². The Bertz CT molecular complexity index is 52.0. The molecular formula is H2Cl2F2N4. The van der Waals surface area contributed by atoms with E-state index in [1.807, 2.05) is 0 Å². The molecule has 8 heteroatoms. The van der Waals surface area contributed by atoms with Crippen LogP contribution < -0.4 is 11.3 Å². The average molecular weight is 167 g/mol. The lowest BCUT2D eigenvalue weighted by Crippen LogP contribution is -2.39. The maximum atomic E-state index is 11.0. The van der Waals surface area contributed by atoms with Crippen molar-refractivity contribution in [2.45, 2.75) is 0 Å². The van der Waals surface area contributed by atoms with E-state index in [4.69, 9.17) is 23.6 Å². The molecule has 0 atom stereocenters. The highest BCUT2D eigenvalue weighted by Crippen LogP contribution is 1.97. The Kier molecular flexibility index (Phi) is 4.33. The molecule has 0 rings (SSSR count). The number of rotatable bonds is 3. The van der Waals surface area contributed by atoms with Crippen molar-refractivity contribution in [3.8, 4) is 0 Å². The minimum Gasteiger partial charge on any atom is -0.118 e. The maximum Gasteiger partial charge on any atom is 0.0173 e. The standard InChI is InChI=1S/Cl2F2H2N4/c1-7(5-3)8(2)6-4/h5-6H. The van der Waals surface area contributed by atoms with E-state index in [0.717, 1.165) is 11.3 Å². The third-order valence-corrected chi connectivity index (χ3v) is 0.801. The molecule has 50 valence electrons. The monoisotopic (exact) mass is 166 g/mol. The van der Waals surface area contributed by atoms with Gasteiger partial charge in [0.25, 0.3) is 0 Å². The van der Waals surface area contributed by atoms with Gasteiger partial charge in [0, 0.05) is 23.6 Å². The Morgan fingerprint density at radius 2 is 1.25 bits per heavy atom. The number of hydrazine groups is 3. The molecule has 0 aliphatic rings. The first-order valence-corrected chi connectivity index (χ1v) is 2.04. The van der Waals surface area contributed by atoms with E-state index in [1.165, 1.54) is 0 Å². The maximum absolute atomic E-state index is 11.0. The van der Waals surface area contributed by atoms with Crippen molar-refractivity contribution in [3.63, 3.8) is 0 Å². The van der Waals surface area contributed by atoms with E-state index in [-0.39, 0.29) is 9.27 Å². The Morgan fingerprint density at radius 3 is 1.38 bits per heavy atom. The summed E-state index contributed by atoms with van der Waals surface area (Å²) in [5, 5.41) is 0. The van der Waals surface area contributed by atoms with Crippen molar-refractivity contribution in [1.82, 2.24) is 20.6 Å². The highest BCUT2D eigenvalue weighted by Gasteiger charge is 2.07. The van der Waals surface area contributed by atoms with Gasteiger partial charge in [-0.2, -0.15) is 0 Å². The van der Waals surface area contributed by atoms with Crippen LogP contribution >= 0.6 is 23.6 Å². The Labute approximate surface area is 53.9 Å². The fraction of sp³-hybridized carbons (Fsp3) is 0. The quantitative estimate of drug-likeness (QED) is 0.475. The minimum atomic E-state index is 0.0154. The van der Waals surface area contributed by atoms with E-state index < -0.39 is 0 Å². The van der Waals surface area contributed by atoms with Crippen LogP contribution in [0.25, 0.3) is 0 Å². The number of nitrogens with one attached hydrogen (secondary N) is 2. The second-order valence-electron chi connectivity index (χ2n) is 0.689. The van der Waals surface area contributed by atoms with Crippen molar-refractivity contribution < 1.29 is 8.96 Å². The molecule has 0 bridgehead atoms. The van der Waals surface area contributed by atoms with Crippen LogP contribution in [0.5, 0.6) is 0 Å². The van der Waals surface area contributed by atoms with Gasteiger partial charge in [-0.25, -0.2) is 0 Å². The molecular weight excluding hydrogens is 165 g/mol. The lowest BCUT2D eigenvalue weighted by Gasteiger charge is -2.13. The predicted molar refractivity (Wildman–Crippen MR) is 23.9 cm³/mol. The van der Waals surface area contributed by atoms with E-state index in [9.17, 15) is 8.96 Å². The summed E-state index contributed by atoms with van der Waals surface area (Å²) >= 11 is 9.51. The first-order valence-electron chi connectivity index (χ1n) is 1.36. The van der Waals surface area contributed by atoms with E-state index in [1.54, 1.807) is 0 Å². The summed E-state index contributed by atoms with van der Waals surface area (Å²) in [6, 6.07) is 0. The zero-order valence-electron chi connectivity index (χ0n) is 3.41. The van der Waals surface area contributed by atoms with Gasteiger partial charge in [-0.05, 0) is 9.27 Å². The van der Waals surface area contributed by atoms with Gasteiger partial charge in [0.2, 0.25) is 0 Å². The molecule has 0 spiro atoms. The molecule has 0 radical (unpaired) electrons. The van der Waals surface area contributed by atoms with Crippen LogP contribution in [-0.2, 0) is 0 Å². The molecule has 0 saturated heterocycles. The summed E-state index contributed by atoms with van der Waals surface area (Å²) < 4.78 is 22.1. The summed E-state index contributed by atoms with van der Waals surface area (Å²) in [6.45, 7) is 0. The Morgan fingerprint density at radius 1 is 1.00 bits per heavy atom. The minimum absolute atomic E-state index is 0.0154. The fourth-order valence-electron chi connectivity index (χ4n) is 0.0664. The van der Waals surface area contributed by atoms with Crippen LogP contribution in [0.2, 0.25) is 0 Å². The normalized spacial score (nSPS) is 11.2. The molecule has 2 N–H and O–H groups in total. The van der Waals surface area contributed by atoms with Gasteiger partial charge >= 0.3 is 0 Å². The van der Waals surface area contributed by atoms with Gasteiger partial charge < -0.3 is 0 Å². The third-order valence-electron chi connectivity index (χ3n) is 0.294. The lowest BCUT2D eigenvalue weighted by molar-refractivity contribution is -0.0573. The molecule has 8 heavy (non-hydrogen) atoms. The highest BCUT2D eigenvalue weighted by molar-refractivity contribution is 6.18. The summed E-state index contributed by atoms with van der Waals surface area (Å²) in [7, 11) is 0. The smallest absolute Gasteiger partial charge is 0.0173 e. The fourth-order valence-corrected chi connectivity index (χ4v) is 0.124. The van der Waals surface area contributed by atoms with Gasteiger partial charge in [0.1, 0.15) is 0 Å². The topological polar surface area (TPSA) is 30.5 Å². The molecule has 0 saturated carbocycles. The van der Waals surface area contributed by atoms with Crippen LogP contribution in [0.15, 0.2) is 0 Å². The largest absolute Gasteiger partial charge is 0.118 e. The van der Waals surface area contributed by atoms with E-state index >= 15 is 0 Å². The molecule has 4 nitrogen and oxygen atoms in total. The molecule has 0 fully saturated rings. The first-order chi connectivity index (χ1) is 3.72. The van der Waals surface area contributed by atoms with Gasteiger partial charge in [0.05, 0.1) is 0 Å². The first kappa shape index (κ1) is 8.28. The van der Waals surface area contributed by atoms with Gasteiger partial charge in [-0.15, -0.1) is 8.96 Å². The molecule has 0 aliphatic heterocycles. The van der Waals surface area contributed by atoms with Crippen LogP contribution in [0.4, 0.5) is 8.96 Å². The Balaban J connectivity index is 3.29. The average Bonchev–Trinajstić information content (AvgIpc) is 1.84. The number of nitrogens with zero attached hydrogens (tertiary/aromatic N) is 2. The summed E-state index contributed by atoms with van der Waals surface area (Å²) in [5.74, 6) is 0. The molecule has 0 aromatic rings. The molecule has 0 aliphatic carbocycles. The van der Waals surface area contributed by atoms with Crippen LogP contribution in [0.1, 0.15) is 0 Å². The summed E-state index contributed by atoms with van der Waals surface area (Å²) in [4.78, 5) is 0. The van der Waals surface area contributed by atoms with Crippen molar-refractivity contribution in [3.05, 3.63) is 0 Å².